The molecule has 0 fully saturated rings. The average Bonchev–Trinajstić information content (AvgIpc) is 2.46. The van der Waals surface area contributed by atoms with Crippen molar-refractivity contribution in [3.63, 3.8) is 0 Å². The van der Waals surface area contributed by atoms with E-state index >= 15 is 0 Å². The molecule has 0 aliphatic carbocycles. The summed E-state index contributed by atoms with van der Waals surface area (Å²) >= 11 is 5.11. The van der Waals surface area contributed by atoms with E-state index < -0.39 is 0 Å². The van der Waals surface area contributed by atoms with Gasteiger partial charge in [-0.15, -0.1) is 0 Å². The topological polar surface area (TPSA) is 51.8 Å². The number of aryl methyl sites for hydroxylation is 2. The second-order valence-corrected chi connectivity index (χ2v) is 6.60. The molecule has 2 rings (SSSR count). The molecule has 0 aliphatic rings. The number of rotatable bonds is 2. The van der Waals surface area contributed by atoms with Gasteiger partial charge in [0.15, 0.2) is 0 Å². The van der Waals surface area contributed by atoms with Crippen LogP contribution in [0.4, 0.5) is 0 Å². The maximum Gasteiger partial charge on any atom is 0.126 e. The van der Waals surface area contributed by atoms with Gasteiger partial charge in [0.2, 0.25) is 0 Å². The molecule has 5 heteroatoms. The quantitative estimate of drug-likeness (QED) is 0.706. The van der Waals surface area contributed by atoms with Gasteiger partial charge in [0, 0.05) is 11.1 Å². The van der Waals surface area contributed by atoms with Crippen molar-refractivity contribution in [1.82, 2.24) is 9.97 Å². The molecule has 22 heavy (non-hydrogen) atoms. The predicted octanol–water partition coefficient (Wildman–Crippen LogP) is 5.39. The molecule has 0 saturated heterocycles. The Morgan fingerprint density at radius 1 is 1.09 bits per heavy atom. The maximum absolute atomic E-state index is 5.11. The zero-order chi connectivity index (χ0) is 17.1. The van der Waals surface area contributed by atoms with E-state index in [1.165, 1.54) is 10.5 Å². The van der Waals surface area contributed by atoms with Crippen LogP contribution in [0.3, 0.4) is 0 Å². The van der Waals surface area contributed by atoms with Gasteiger partial charge in [0.05, 0.1) is 4.90 Å². The van der Waals surface area contributed by atoms with Crippen molar-refractivity contribution in [2.75, 3.05) is 0 Å². The van der Waals surface area contributed by atoms with Crippen molar-refractivity contribution < 1.29 is 0 Å². The van der Waals surface area contributed by atoms with Crippen LogP contribution in [0.1, 0.15) is 39.1 Å². The maximum atomic E-state index is 5.11. The highest BCUT2D eigenvalue weighted by Crippen LogP contribution is 2.31. The van der Waals surface area contributed by atoms with Gasteiger partial charge in [0.1, 0.15) is 10.4 Å². The van der Waals surface area contributed by atoms with Gasteiger partial charge >= 0.3 is 0 Å². The van der Waals surface area contributed by atoms with Crippen molar-refractivity contribution in [1.29, 1.82) is 0 Å². The van der Waals surface area contributed by atoms with Crippen LogP contribution in [-0.4, -0.2) is 16.0 Å². The van der Waals surface area contributed by atoms with Gasteiger partial charge in [-0.25, -0.2) is 9.97 Å². The van der Waals surface area contributed by atoms with Gasteiger partial charge in [0.25, 0.3) is 0 Å². The highest BCUT2D eigenvalue weighted by Gasteiger charge is 2.04. The molecule has 3 nitrogen and oxygen atoms in total. The van der Waals surface area contributed by atoms with E-state index in [1.807, 2.05) is 40.8 Å². The first-order valence-electron chi connectivity index (χ1n) is 7.37. The largest absolute Gasteiger partial charge is 0.328 e. The van der Waals surface area contributed by atoms with Crippen molar-refractivity contribution in [2.24, 2.45) is 5.73 Å². The van der Waals surface area contributed by atoms with E-state index in [0.29, 0.717) is 6.04 Å². The van der Waals surface area contributed by atoms with E-state index in [-0.39, 0.29) is 0 Å². The summed E-state index contributed by atoms with van der Waals surface area (Å²) in [6, 6.07) is 8.75. The van der Waals surface area contributed by atoms with Gasteiger partial charge in [-0.05, 0) is 48.0 Å². The second kappa shape index (κ2) is 11.6. The number of hydrogen-bond acceptors (Lipinski definition) is 4. The molecular weight excluding hydrogens is 358 g/mol. The Morgan fingerprint density at radius 3 is 2.05 bits per heavy atom. The van der Waals surface area contributed by atoms with E-state index in [1.54, 1.807) is 11.8 Å². The number of nitrogens with zero attached hydrogens (tertiary/aromatic N) is 2. The Morgan fingerprint density at radius 2 is 1.59 bits per heavy atom. The number of aromatic nitrogens is 2. The zero-order valence-corrected chi connectivity index (χ0v) is 16.6. The standard InChI is InChI=1S/C12H11BrN2S.C3H9N.C2H6/c1-8-3-5-10(6-4-8)16-11-7-14-9(2)15-12(11)13;1-3(2)4;1-2/h3-7H,1-2H3;3H,4H2,1-2H3;1-2H3. The lowest BCUT2D eigenvalue weighted by Gasteiger charge is -2.04. The minimum atomic E-state index is 0.333. The van der Waals surface area contributed by atoms with Crippen molar-refractivity contribution in [3.8, 4) is 0 Å². The SMILES string of the molecule is CC.CC(C)N.Cc1ccc(Sc2cnc(C)nc2Br)cc1. The fourth-order valence-corrected chi connectivity index (χ4v) is 2.60. The fraction of sp³-hybridized carbons (Fsp3) is 0.412. The van der Waals surface area contributed by atoms with Crippen molar-refractivity contribution in [2.45, 2.75) is 57.4 Å². The fourth-order valence-electron chi connectivity index (χ4n) is 1.23. The second-order valence-electron chi connectivity index (χ2n) is 4.73. The highest BCUT2D eigenvalue weighted by atomic mass is 79.9. The van der Waals surface area contributed by atoms with E-state index in [4.69, 9.17) is 5.73 Å². The Hall–Kier alpha value is -0.910. The molecular formula is C17H26BrN3S. The summed E-state index contributed by atoms with van der Waals surface area (Å²) in [4.78, 5) is 10.7. The van der Waals surface area contributed by atoms with Gasteiger partial charge in [-0.2, -0.15) is 0 Å². The third kappa shape index (κ3) is 9.18. The zero-order valence-electron chi connectivity index (χ0n) is 14.2. The summed E-state index contributed by atoms with van der Waals surface area (Å²) in [5.74, 6) is 0.778. The van der Waals surface area contributed by atoms with Gasteiger partial charge < -0.3 is 5.73 Å². The monoisotopic (exact) mass is 383 g/mol. The first kappa shape index (κ1) is 21.1. The molecule has 0 radical (unpaired) electrons. The molecule has 1 aromatic heterocycles. The minimum Gasteiger partial charge on any atom is -0.328 e. The van der Waals surface area contributed by atoms with Crippen LogP contribution < -0.4 is 5.73 Å². The molecule has 0 saturated carbocycles. The summed E-state index contributed by atoms with van der Waals surface area (Å²) < 4.78 is 0.852. The number of halogens is 1. The lowest BCUT2D eigenvalue weighted by Crippen LogP contribution is -2.06. The lowest BCUT2D eigenvalue weighted by atomic mass is 10.2. The van der Waals surface area contributed by atoms with Crippen LogP contribution in [-0.2, 0) is 0 Å². The molecule has 122 valence electrons. The molecule has 2 N–H and O–H groups in total. The molecule has 0 aliphatic heterocycles. The minimum absolute atomic E-state index is 0.333. The summed E-state index contributed by atoms with van der Waals surface area (Å²) in [7, 11) is 0. The molecule has 0 unspecified atom stereocenters. The van der Waals surface area contributed by atoms with Crippen molar-refractivity contribution in [3.05, 3.63) is 46.5 Å². The van der Waals surface area contributed by atoms with Crippen LogP contribution in [0.5, 0.6) is 0 Å². The summed E-state index contributed by atoms with van der Waals surface area (Å²) in [6.45, 7) is 11.9. The van der Waals surface area contributed by atoms with Gasteiger partial charge in [-0.3, -0.25) is 0 Å². The normalized spacial score (nSPS) is 9.50. The van der Waals surface area contributed by atoms with Crippen molar-refractivity contribution >= 4 is 27.7 Å². The van der Waals surface area contributed by atoms with E-state index in [9.17, 15) is 0 Å². The number of benzene rings is 1. The van der Waals surface area contributed by atoms with Crippen LogP contribution in [0.2, 0.25) is 0 Å². The van der Waals surface area contributed by atoms with E-state index in [0.717, 1.165) is 15.3 Å². The molecule has 0 amide bonds. The first-order chi connectivity index (χ1) is 10.4. The molecule has 0 atom stereocenters. The van der Waals surface area contributed by atoms with Crippen LogP contribution in [0.25, 0.3) is 0 Å². The average molecular weight is 384 g/mol. The predicted molar refractivity (Wildman–Crippen MR) is 100 cm³/mol. The third-order valence-corrected chi connectivity index (χ3v) is 3.97. The molecule has 0 spiro atoms. The molecule has 2 aromatic rings. The highest BCUT2D eigenvalue weighted by molar-refractivity contribution is 9.10. The Kier molecular flexibility index (Phi) is 11.1. The Balaban J connectivity index is 0.000000640. The lowest BCUT2D eigenvalue weighted by molar-refractivity contribution is 0.834. The van der Waals surface area contributed by atoms with Crippen LogP contribution in [0, 0.1) is 13.8 Å². The Bertz CT molecular complexity index is 539. The third-order valence-electron chi connectivity index (χ3n) is 2.08. The molecule has 1 heterocycles. The number of hydrogen-bond donors (Lipinski definition) is 1. The summed E-state index contributed by atoms with van der Waals surface area (Å²) in [6.07, 6.45) is 1.84. The van der Waals surface area contributed by atoms with Crippen LogP contribution >= 0.6 is 27.7 Å². The smallest absolute Gasteiger partial charge is 0.126 e. The van der Waals surface area contributed by atoms with Crippen LogP contribution in [0.15, 0.2) is 44.9 Å². The summed E-state index contributed by atoms with van der Waals surface area (Å²) in [5, 5.41) is 0. The molecule has 0 bridgehead atoms. The van der Waals surface area contributed by atoms with E-state index in [2.05, 4.69) is 57.1 Å². The van der Waals surface area contributed by atoms with Gasteiger partial charge in [-0.1, -0.05) is 57.2 Å². The summed E-state index contributed by atoms with van der Waals surface area (Å²) in [5.41, 5.74) is 6.38. The number of nitrogens with two attached hydrogens (primary N) is 1. The molecule has 1 aromatic carbocycles. The Labute approximate surface area is 147 Å². The first-order valence-corrected chi connectivity index (χ1v) is 8.98.